The van der Waals surface area contributed by atoms with Gasteiger partial charge in [-0.3, -0.25) is 14.6 Å². The van der Waals surface area contributed by atoms with Gasteiger partial charge in [0.15, 0.2) is 5.82 Å². The molecule has 1 heterocycles. The Morgan fingerprint density at radius 2 is 1.55 bits per heavy atom. The molecule has 0 saturated heterocycles. The number of carbonyl (C=O) groups is 1. The van der Waals surface area contributed by atoms with Crippen molar-refractivity contribution in [1.82, 2.24) is 15.0 Å². The summed E-state index contributed by atoms with van der Waals surface area (Å²) in [4.78, 5) is 25.1. The molecule has 0 aliphatic heterocycles. The zero-order valence-corrected chi connectivity index (χ0v) is 11.6. The standard InChI is InChI=1S/C13H15N5O4/c19-6-17(7-20)12-14-11(10-4-2-1-3-5-10)15-13(16-12)18(8-21)9-22/h1-6,20-22H,7-9H2. The van der Waals surface area contributed by atoms with Crippen LogP contribution in [0, 0.1) is 0 Å². The lowest BCUT2D eigenvalue weighted by Crippen LogP contribution is -2.30. The second-order valence-corrected chi connectivity index (χ2v) is 4.16. The fourth-order valence-corrected chi connectivity index (χ4v) is 1.66. The van der Waals surface area contributed by atoms with E-state index in [4.69, 9.17) is 5.11 Å². The first-order chi connectivity index (χ1) is 10.7. The van der Waals surface area contributed by atoms with Gasteiger partial charge in [0.05, 0.1) is 0 Å². The van der Waals surface area contributed by atoms with Crippen LogP contribution in [0.3, 0.4) is 0 Å². The average molecular weight is 305 g/mol. The van der Waals surface area contributed by atoms with Gasteiger partial charge in [-0.1, -0.05) is 30.3 Å². The van der Waals surface area contributed by atoms with E-state index in [1.807, 2.05) is 6.07 Å². The maximum absolute atomic E-state index is 11.0. The van der Waals surface area contributed by atoms with Gasteiger partial charge in [-0.05, 0) is 0 Å². The van der Waals surface area contributed by atoms with Crippen molar-refractivity contribution < 1.29 is 20.1 Å². The van der Waals surface area contributed by atoms with E-state index in [0.717, 1.165) is 9.80 Å². The Kier molecular flexibility index (Phi) is 5.31. The third-order valence-corrected chi connectivity index (χ3v) is 2.80. The van der Waals surface area contributed by atoms with Crippen molar-refractivity contribution in [3.63, 3.8) is 0 Å². The number of aliphatic hydroxyl groups is 3. The predicted octanol–water partition coefficient (Wildman–Crippen LogP) is -0.843. The number of benzene rings is 1. The molecule has 0 unspecified atom stereocenters. The second-order valence-electron chi connectivity index (χ2n) is 4.16. The maximum Gasteiger partial charge on any atom is 0.239 e. The van der Waals surface area contributed by atoms with E-state index in [1.54, 1.807) is 24.3 Å². The molecule has 0 aliphatic rings. The van der Waals surface area contributed by atoms with Gasteiger partial charge in [-0.15, -0.1) is 0 Å². The summed E-state index contributed by atoms with van der Waals surface area (Å²) in [6.45, 7) is -1.65. The highest BCUT2D eigenvalue weighted by Gasteiger charge is 2.16. The SMILES string of the molecule is O=CN(CO)c1nc(-c2ccccc2)nc(N(CO)CO)n1. The normalized spacial score (nSPS) is 10.3. The van der Waals surface area contributed by atoms with Crippen LogP contribution in [-0.4, -0.2) is 56.9 Å². The van der Waals surface area contributed by atoms with Crippen LogP contribution in [0.5, 0.6) is 0 Å². The number of carbonyl (C=O) groups excluding carboxylic acids is 1. The maximum atomic E-state index is 11.0. The topological polar surface area (TPSA) is 123 Å². The molecule has 1 aromatic heterocycles. The van der Waals surface area contributed by atoms with E-state index in [2.05, 4.69) is 15.0 Å². The van der Waals surface area contributed by atoms with Crippen molar-refractivity contribution >= 4 is 18.3 Å². The Labute approximate surface area is 126 Å². The monoisotopic (exact) mass is 305 g/mol. The van der Waals surface area contributed by atoms with Crippen LogP contribution in [0.25, 0.3) is 11.4 Å². The first-order valence-electron chi connectivity index (χ1n) is 6.34. The third kappa shape index (κ3) is 3.34. The molecule has 0 fully saturated rings. The summed E-state index contributed by atoms with van der Waals surface area (Å²) in [7, 11) is 0. The second kappa shape index (κ2) is 7.41. The highest BCUT2D eigenvalue weighted by Crippen LogP contribution is 2.20. The average Bonchev–Trinajstić information content (AvgIpc) is 2.58. The van der Waals surface area contributed by atoms with Crippen LogP contribution in [0.4, 0.5) is 11.9 Å². The zero-order valence-electron chi connectivity index (χ0n) is 11.6. The lowest BCUT2D eigenvalue weighted by Gasteiger charge is -2.19. The van der Waals surface area contributed by atoms with Crippen molar-refractivity contribution in [3.05, 3.63) is 30.3 Å². The zero-order chi connectivity index (χ0) is 15.9. The molecule has 2 aromatic rings. The summed E-state index contributed by atoms with van der Waals surface area (Å²) in [5, 5.41) is 27.6. The Balaban J connectivity index is 2.55. The highest BCUT2D eigenvalue weighted by atomic mass is 16.3. The fourth-order valence-electron chi connectivity index (χ4n) is 1.66. The van der Waals surface area contributed by atoms with Gasteiger partial charge in [0, 0.05) is 5.56 Å². The van der Waals surface area contributed by atoms with Crippen LogP contribution < -0.4 is 9.80 Å². The fraction of sp³-hybridized carbons (Fsp3) is 0.231. The van der Waals surface area contributed by atoms with Crippen LogP contribution >= 0.6 is 0 Å². The van der Waals surface area contributed by atoms with E-state index >= 15 is 0 Å². The number of aliphatic hydroxyl groups excluding tert-OH is 3. The molecule has 0 bridgehead atoms. The minimum absolute atomic E-state index is 0.0193. The molecule has 1 aromatic carbocycles. The summed E-state index contributed by atoms with van der Waals surface area (Å²) >= 11 is 0. The number of amides is 1. The number of hydrogen-bond donors (Lipinski definition) is 3. The Morgan fingerprint density at radius 3 is 2.09 bits per heavy atom. The molecule has 3 N–H and O–H groups in total. The molecule has 0 saturated carbocycles. The molecule has 0 atom stereocenters. The predicted molar refractivity (Wildman–Crippen MR) is 77.5 cm³/mol. The molecule has 9 nitrogen and oxygen atoms in total. The first kappa shape index (κ1) is 15.8. The van der Waals surface area contributed by atoms with E-state index < -0.39 is 20.2 Å². The van der Waals surface area contributed by atoms with Crippen molar-refractivity contribution in [1.29, 1.82) is 0 Å². The summed E-state index contributed by atoms with van der Waals surface area (Å²) in [5.41, 5.74) is 0.659. The van der Waals surface area contributed by atoms with E-state index in [9.17, 15) is 15.0 Å². The molecule has 0 spiro atoms. The van der Waals surface area contributed by atoms with Crippen LogP contribution in [-0.2, 0) is 4.79 Å². The van der Waals surface area contributed by atoms with Gasteiger partial charge in [0.1, 0.15) is 20.2 Å². The van der Waals surface area contributed by atoms with Gasteiger partial charge < -0.3 is 15.3 Å². The van der Waals surface area contributed by atoms with Crippen molar-refractivity contribution in [2.45, 2.75) is 0 Å². The number of nitrogens with zero attached hydrogens (tertiary/aromatic N) is 5. The van der Waals surface area contributed by atoms with Crippen LogP contribution in [0.2, 0.25) is 0 Å². The minimum atomic E-state index is -0.612. The Bertz CT molecular complexity index is 621. The van der Waals surface area contributed by atoms with Crippen molar-refractivity contribution in [2.24, 2.45) is 0 Å². The molecular weight excluding hydrogens is 290 g/mol. The van der Waals surface area contributed by atoms with Gasteiger partial charge in [0.25, 0.3) is 0 Å². The number of rotatable bonds is 7. The molecule has 0 aliphatic carbocycles. The minimum Gasteiger partial charge on any atom is -0.376 e. The largest absolute Gasteiger partial charge is 0.376 e. The highest BCUT2D eigenvalue weighted by molar-refractivity contribution is 5.72. The molecule has 22 heavy (non-hydrogen) atoms. The van der Waals surface area contributed by atoms with Gasteiger partial charge >= 0.3 is 0 Å². The smallest absolute Gasteiger partial charge is 0.239 e. The molecule has 2 rings (SSSR count). The molecule has 0 radical (unpaired) electrons. The van der Waals surface area contributed by atoms with Gasteiger partial charge in [0.2, 0.25) is 18.3 Å². The third-order valence-electron chi connectivity index (χ3n) is 2.80. The summed E-state index contributed by atoms with van der Waals surface area (Å²) in [6.07, 6.45) is 0.371. The van der Waals surface area contributed by atoms with E-state index in [0.29, 0.717) is 12.0 Å². The van der Waals surface area contributed by atoms with E-state index in [1.165, 1.54) is 0 Å². The summed E-state index contributed by atoms with van der Waals surface area (Å²) < 4.78 is 0. The Hall–Kier alpha value is -2.62. The number of hydrogen-bond acceptors (Lipinski definition) is 8. The number of aromatic nitrogens is 3. The summed E-state index contributed by atoms with van der Waals surface area (Å²) in [6, 6.07) is 8.92. The van der Waals surface area contributed by atoms with Gasteiger partial charge in [-0.2, -0.15) is 15.0 Å². The first-order valence-corrected chi connectivity index (χ1v) is 6.34. The summed E-state index contributed by atoms with van der Waals surface area (Å²) in [5.74, 6) is 0.134. The van der Waals surface area contributed by atoms with Crippen molar-refractivity contribution in [3.8, 4) is 11.4 Å². The molecule has 116 valence electrons. The molecule has 9 heteroatoms. The lowest BCUT2D eigenvalue weighted by molar-refractivity contribution is -0.108. The van der Waals surface area contributed by atoms with Gasteiger partial charge in [-0.25, -0.2) is 0 Å². The van der Waals surface area contributed by atoms with E-state index in [-0.39, 0.29) is 17.7 Å². The van der Waals surface area contributed by atoms with Crippen LogP contribution in [0.15, 0.2) is 30.3 Å². The number of anilines is 2. The van der Waals surface area contributed by atoms with Crippen LogP contribution in [0.1, 0.15) is 0 Å². The lowest BCUT2D eigenvalue weighted by atomic mass is 10.2. The quantitative estimate of drug-likeness (QED) is 0.447. The Morgan fingerprint density at radius 1 is 0.909 bits per heavy atom. The molecular formula is C13H15N5O4. The molecule has 1 amide bonds. The van der Waals surface area contributed by atoms with Crippen molar-refractivity contribution in [2.75, 3.05) is 30.0 Å².